The molecule has 0 spiro atoms. The van der Waals surface area contributed by atoms with Gasteiger partial charge in [0.2, 0.25) is 0 Å². The predicted octanol–water partition coefficient (Wildman–Crippen LogP) is 5.00. The predicted molar refractivity (Wildman–Crippen MR) is 114 cm³/mol. The molecule has 5 heteroatoms. The average Bonchev–Trinajstić information content (AvgIpc) is 3.06. The van der Waals surface area contributed by atoms with Crippen molar-refractivity contribution in [3.63, 3.8) is 0 Å². The Hall–Kier alpha value is -3.21. The van der Waals surface area contributed by atoms with Gasteiger partial charge >= 0.3 is 6.09 Å². The number of carbonyl (C=O) groups excluding carboxylic acids is 2. The van der Waals surface area contributed by atoms with Gasteiger partial charge in [0.05, 0.1) is 5.52 Å². The monoisotopic (exact) mass is 400 g/mol. The minimum Gasteiger partial charge on any atom is -0.445 e. The summed E-state index contributed by atoms with van der Waals surface area (Å²) in [5, 5.41) is 0.905. The van der Waals surface area contributed by atoms with E-state index >= 15 is 0 Å². The number of carbonyl (C=O) groups is 2. The van der Waals surface area contributed by atoms with Crippen molar-refractivity contribution in [2.75, 3.05) is 0 Å². The number of amides is 1. The van der Waals surface area contributed by atoms with Crippen LogP contribution >= 0.6 is 0 Å². The molecule has 3 aromatic rings. The van der Waals surface area contributed by atoms with Crippen molar-refractivity contribution < 1.29 is 14.3 Å². The third kappa shape index (κ3) is 3.45. The first-order chi connectivity index (χ1) is 14.7. The van der Waals surface area contributed by atoms with Gasteiger partial charge < -0.3 is 9.64 Å². The van der Waals surface area contributed by atoms with Gasteiger partial charge in [-0.25, -0.2) is 4.79 Å². The number of fused-ring (bicyclic) bond motifs is 3. The van der Waals surface area contributed by atoms with Crippen LogP contribution in [0, 0.1) is 5.92 Å². The molecular formula is C25H24N2O3. The second kappa shape index (κ2) is 7.90. The van der Waals surface area contributed by atoms with Crippen molar-refractivity contribution in [2.45, 2.75) is 44.4 Å². The quantitative estimate of drug-likeness (QED) is 0.579. The number of piperidine rings is 1. The number of pyridine rings is 1. The van der Waals surface area contributed by atoms with E-state index in [0.717, 1.165) is 34.9 Å². The summed E-state index contributed by atoms with van der Waals surface area (Å²) in [6.07, 6.45) is 4.76. The summed E-state index contributed by atoms with van der Waals surface area (Å²) in [4.78, 5) is 32.4. The molecule has 3 heterocycles. The molecule has 0 radical (unpaired) electrons. The van der Waals surface area contributed by atoms with Crippen LogP contribution in [0.2, 0.25) is 0 Å². The zero-order valence-electron chi connectivity index (χ0n) is 16.7. The van der Waals surface area contributed by atoms with Crippen molar-refractivity contribution in [1.29, 1.82) is 0 Å². The van der Waals surface area contributed by atoms with E-state index in [9.17, 15) is 9.59 Å². The lowest BCUT2D eigenvalue weighted by Gasteiger charge is -2.37. The molecule has 30 heavy (non-hydrogen) atoms. The van der Waals surface area contributed by atoms with E-state index in [4.69, 9.17) is 4.74 Å². The number of aromatic nitrogens is 1. The Kier molecular flexibility index (Phi) is 4.95. The van der Waals surface area contributed by atoms with Gasteiger partial charge in [0.15, 0.2) is 5.78 Å². The average molecular weight is 400 g/mol. The molecule has 2 fully saturated rings. The standard InChI is InChI=1S/C25H24N2O3/c28-24(22-8-4-10-23-21(22)9-5-13-26-23)18-14-19-11-12-20(15-18)27(19)25(29)30-16-17-6-2-1-3-7-17/h1-10,13,18-20H,11-12,14-16H2. The van der Waals surface area contributed by atoms with Crippen molar-refractivity contribution in [3.05, 3.63) is 78.0 Å². The molecule has 152 valence electrons. The number of ketones is 1. The first kappa shape index (κ1) is 18.8. The van der Waals surface area contributed by atoms with Crippen LogP contribution in [0.5, 0.6) is 0 Å². The number of rotatable bonds is 4. The van der Waals surface area contributed by atoms with Gasteiger partial charge in [0, 0.05) is 35.1 Å². The van der Waals surface area contributed by atoms with Gasteiger partial charge in [-0.15, -0.1) is 0 Å². The second-order valence-electron chi connectivity index (χ2n) is 8.24. The minimum atomic E-state index is -0.258. The molecule has 2 bridgehead atoms. The van der Waals surface area contributed by atoms with Gasteiger partial charge in [0.25, 0.3) is 0 Å². The summed E-state index contributed by atoms with van der Waals surface area (Å²) in [6.45, 7) is 0.279. The summed E-state index contributed by atoms with van der Waals surface area (Å²) < 4.78 is 5.58. The highest BCUT2D eigenvalue weighted by atomic mass is 16.6. The Morgan fingerprint density at radius 1 is 0.933 bits per heavy atom. The minimum absolute atomic E-state index is 0.0634. The Labute approximate surface area is 175 Å². The molecule has 0 N–H and O–H groups in total. The fourth-order valence-corrected chi connectivity index (χ4v) is 5.02. The fourth-order valence-electron chi connectivity index (χ4n) is 5.02. The molecule has 5 rings (SSSR count). The number of hydrogen-bond acceptors (Lipinski definition) is 4. The summed E-state index contributed by atoms with van der Waals surface area (Å²) in [5.41, 5.74) is 2.56. The lowest BCUT2D eigenvalue weighted by atomic mass is 9.84. The van der Waals surface area contributed by atoms with Gasteiger partial charge in [-0.05, 0) is 43.4 Å². The fraction of sp³-hybridized carbons (Fsp3) is 0.320. The molecule has 2 saturated heterocycles. The van der Waals surface area contributed by atoms with Crippen LogP contribution in [0.4, 0.5) is 4.79 Å². The topological polar surface area (TPSA) is 59.5 Å². The number of benzene rings is 2. The van der Waals surface area contributed by atoms with Gasteiger partial charge in [0.1, 0.15) is 6.61 Å². The molecule has 1 amide bonds. The second-order valence-corrected chi connectivity index (χ2v) is 8.24. The Balaban J connectivity index is 1.29. The lowest BCUT2D eigenvalue weighted by Crippen LogP contribution is -2.48. The van der Waals surface area contributed by atoms with Crippen LogP contribution in [0.25, 0.3) is 10.9 Å². The van der Waals surface area contributed by atoms with Crippen LogP contribution in [-0.2, 0) is 11.3 Å². The largest absolute Gasteiger partial charge is 0.445 e. The molecule has 2 aliphatic rings. The van der Waals surface area contributed by atoms with Gasteiger partial charge in [-0.3, -0.25) is 9.78 Å². The number of hydrogen-bond donors (Lipinski definition) is 0. The highest BCUT2D eigenvalue weighted by Gasteiger charge is 2.46. The van der Waals surface area contributed by atoms with Crippen LogP contribution in [0.3, 0.4) is 0 Å². The molecule has 0 aliphatic carbocycles. The maximum atomic E-state index is 13.4. The normalized spacial score (nSPS) is 22.8. The van der Waals surface area contributed by atoms with E-state index in [0.29, 0.717) is 12.8 Å². The highest BCUT2D eigenvalue weighted by molar-refractivity contribution is 6.08. The molecule has 2 aromatic carbocycles. The van der Waals surface area contributed by atoms with Crippen LogP contribution in [0.1, 0.15) is 41.6 Å². The van der Waals surface area contributed by atoms with Crippen molar-refractivity contribution in [1.82, 2.24) is 9.88 Å². The van der Waals surface area contributed by atoms with Crippen LogP contribution < -0.4 is 0 Å². The van der Waals surface area contributed by atoms with Gasteiger partial charge in [-0.2, -0.15) is 0 Å². The summed E-state index contributed by atoms with van der Waals surface area (Å²) in [7, 11) is 0. The summed E-state index contributed by atoms with van der Waals surface area (Å²) in [6, 6.07) is 19.4. The molecule has 2 unspecified atom stereocenters. The van der Waals surface area contributed by atoms with Crippen LogP contribution in [0.15, 0.2) is 66.9 Å². The van der Waals surface area contributed by atoms with E-state index in [2.05, 4.69) is 4.98 Å². The highest BCUT2D eigenvalue weighted by Crippen LogP contribution is 2.40. The van der Waals surface area contributed by atoms with Crippen molar-refractivity contribution >= 4 is 22.8 Å². The van der Waals surface area contributed by atoms with Crippen molar-refractivity contribution in [2.24, 2.45) is 5.92 Å². The first-order valence-electron chi connectivity index (χ1n) is 10.6. The Bertz CT molecular complexity index is 1060. The lowest BCUT2D eigenvalue weighted by molar-refractivity contribution is 0.0485. The Morgan fingerprint density at radius 2 is 1.70 bits per heavy atom. The number of Topliss-reactive ketones (excluding diaryl/α,β-unsaturated/α-hetero) is 1. The van der Waals surface area contributed by atoms with E-state index in [1.807, 2.05) is 65.6 Å². The summed E-state index contributed by atoms with van der Waals surface area (Å²) in [5.74, 6) is 0.106. The molecule has 5 nitrogen and oxygen atoms in total. The van der Waals surface area contributed by atoms with Gasteiger partial charge in [-0.1, -0.05) is 48.5 Å². The van der Waals surface area contributed by atoms with Crippen molar-refractivity contribution in [3.8, 4) is 0 Å². The Morgan fingerprint density at radius 3 is 2.47 bits per heavy atom. The zero-order chi connectivity index (χ0) is 20.5. The molecular weight excluding hydrogens is 376 g/mol. The molecule has 0 saturated carbocycles. The zero-order valence-corrected chi connectivity index (χ0v) is 16.7. The number of ether oxygens (including phenoxy) is 1. The smallest absolute Gasteiger partial charge is 0.410 e. The molecule has 1 aromatic heterocycles. The van der Waals surface area contributed by atoms with Crippen LogP contribution in [-0.4, -0.2) is 33.8 Å². The van der Waals surface area contributed by atoms with E-state index in [1.54, 1.807) is 6.20 Å². The maximum Gasteiger partial charge on any atom is 0.410 e. The molecule has 2 aliphatic heterocycles. The SMILES string of the molecule is O=C(c1cccc2ncccc12)C1CC2CCC(C1)N2C(=O)OCc1ccccc1. The third-order valence-corrected chi connectivity index (χ3v) is 6.43. The van der Waals surface area contributed by atoms with E-state index in [-0.39, 0.29) is 36.5 Å². The van der Waals surface area contributed by atoms with E-state index < -0.39 is 0 Å². The third-order valence-electron chi connectivity index (χ3n) is 6.43. The first-order valence-corrected chi connectivity index (χ1v) is 10.6. The molecule has 2 atom stereocenters. The summed E-state index contributed by atoms with van der Waals surface area (Å²) >= 11 is 0. The van der Waals surface area contributed by atoms with E-state index in [1.165, 1.54) is 0 Å². The maximum absolute atomic E-state index is 13.4. The number of nitrogens with zero attached hydrogens (tertiary/aromatic N) is 2.